The average Bonchev–Trinajstić information content (AvgIpc) is 2.59. The van der Waals surface area contributed by atoms with Crippen LogP contribution in [-0.2, 0) is 6.54 Å². The number of hydrogen-bond donors (Lipinski definition) is 1. The van der Waals surface area contributed by atoms with Crippen molar-refractivity contribution in [2.45, 2.75) is 6.54 Å². The van der Waals surface area contributed by atoms with Crippen LogP contribution in [0.15, 0.2) is 18.3 Å². The van der Waals surface area contributed by atoms with Crippen LogP contribution in [-0.4, -0.2) is 40.2 Å². The number of pyridine rings is 1. The number of likely N-dealkylation sites (N-methyl/N-ethyl adjacent to an activating group) is 1. The Labute approximate surface area is 88.8 Å². The first-order valence-electron chi connectivity index (χ1n) is 4.88. The fraction of sp³-hybridized carbons (Fsp3) is 0.364. The summed E-state index contributed by atoms with van der Waals surface area (Å²) in [5, 5.41) is 10.6. The molecule has 1 radical (unpaired) electrons. The molecule has 2 aromatic heterocycles. The van der Waals surface area contributed by atoms with E-state index in [1.807, 2.05) is 30.9 Å². The Kier molecular flexibility index (Phi) is 2.60. The van der Waals surface area contributed by atoms with Crippen LogP contribution in [0.5, 0.6) is 5.88 Å². The number of rotatable bonds is 3. The zero-order valence-electron chi connectivity index (χ0n) is 8.94. The summed E-state index contributed by atoms with van der Waals surface area (Å²) in [6.07, 6.45) is 4.62. The van der Waals surface area contributed by atoms with Gasteiger partial charge in [-0.15, -0.1) is 0 Å². The molecule has 79 valence electrons. The second-order valence-corrected chi connectivity index (χ2v) is 3.83. The predicted octanol–water partition coefficient (Wildman–Crippen LogP) is 1.10. The van der Waals surface area contributed by atoms with Gasteiger partial charge in [-0.25, -0.2) is 4.98 Å². The van der Waals surface area contributed by atoms with E-state index in [1.165, 1.54) is 0 Å². The molecule has 0 aliphatic rings. The zero-order chi connectivity index (χ0) is 10.8. The molecule has 1 N–H and O–H groups in total. The lowest BCUT2D eigenvalue weighted by Gasteiger charge is -2.11. The van der Waals surface area contributed by atoms with E-state index in [-0.39, 0.29) is 5.88 Å². The van der Waals surface area contributed by atoms with Gasteiger partial charge in [0.25, 0.3) is 0 Å². The first kappa shape index (κ1) is 9.98. The summed E-state index contributed by atoms with van der Waals surface area (Å²) in [6, 6.07) is 3.74. The summed E-state index contributed by atoms with van der Waals surface area (Å²) in [7, 11) is 4.05. The van der Waals surface area contributed by atoms with E-state index in [0.717, 1.165) is 24.0 Å². The Bertz CT molecular complexity index is 462. The smallest absolute Gasteiger partial charge is 0.236 e. The number of aromatic nitrogens is 2. The van der Waals surface area contributed by atoms with E-state index in [2.05, 4.69) is 16.1 Å². The van der Waals surface area contributed by atoms with Crippen molar-refractivity contribution in [3.05, 3.63) is 24.5 Å². The van der Waals surface area contributed by atoms with Crippen molar-refractivity contribution in [3.8, 4) is 5.88 Å². The Morgan fingerprint density at radius 1 is 1.53 bits per heavy atom. The fourth-order valence-electron chi connectivity index (χ4n) is 1.57. The molecule has 2 rings (SSSR count). The monoisotopic (exact) mass is 204 g/mol. The summed E-state index contributed by atoms with van der Waals surface area (Å²) in [5.74, 6) is 0.0521. The van der Waals surface area contributed by atoms with Crippen molar-refractivity contribution in [1.82, 2.24) is 14.5 Å². The number of hydrogen-bond acceptors (Lipinski definition) is 3. The average molecular weight is 204 g/mol. The van der Waals surface area contributed by atoms with Crippen LogP contribution in [0.2, 0.25) is 0 Å². The van der Waals surface area contributed by atoms with Crippen LogP contribution in [0, 0.1) is 6.20 Å². The minimum atomic E-state index is 0.0521. The maximum Gasteiger partial charge on any atom is 0.236 e. The molecule has 15 heavy (non-hydrogen) atoms. The lowest BCUT2D eigenvalue weighted by atomic mass is 10.3. The standard InChI is InChI=1S/C11H14N3O/c1-13(2)7-8-14-6-4-9-3-5-12-11(15)10(9)14/h3-4,6H,7-8H2,1-2H3,(H,12,15). The Balaban J connectivity index is 2.35. The SMILES string of the molecule is CN(C)CCn1ccc2c[c]nc(O)c21. The van der Waals surface area contributed by atoms with Crippen molar-refractivity contribution in [2.24, 2.45) is 0 Å². The minimum absolute atomic E-state index is 0.0521. The van der Waals surface area contributed by atoms with Gasteiger partial charge < -0.3 is 14.6 Å². The summed E-state index contributed by atoms with van der Waals surface area (Å²) < 4.78 is 2.01. The number of aromatic hydroxyl groups is 1. The fourth-order valence-corrected chi connectivity index (χ4v) is 1.57. The van der Waals surface area contributed by atoms with Gasteiger partial charge in [0.2, 0.25) is 5.88 Å². The maximum absolute atomic E-state index is 9.63. The van der Waals surface area contributed by atoms with Crippen LogP contribution in [0.3, 0.4) is 0 Å². The zero-order valence-corrected chi connectivity index (χ0v) is 8.94. The van der Waals surface area contributed by atoms with Gasteiger partial charge in [-0.2, -0.15) is 0 Å². The third-order valence-corrected chi connectivity index (χ3v) is 2.39. The normalized spacial score (nSPS) is 11.4. The van der Waals surface area contributed by atoms with Gasteiger partial charge in [-0.3, -0.25) is 0 Å². The van der Waals surface area contributed by atoms with E-state index in [1.54, 1.807) is 6.07 Å². The van der Waals surface area contributed by atoms with Crippen molar-refractivity contribution >= 4 is 10.9 Å². The van der Waals surface area contributed by atoms with Crippen molar-refractivity contribution < 1.29 is 5.11 Å². The van der Waals surface area contributed by atoms with E-state index >= 15 is 0 Å². The van der Waals surface area contributed by atoms with Gasteiger partial charge >= 0.3 is 0 Å². The van der Waals surface area contributed by atoms with Gasteiger partial charge in [0.15, 0.2) is 0 Å². The van der Waals surface area contributed by atoms with E-state index in [0.29, 0.717) is 0 Å². The second kappa shape index (κ2) is 3.90. The molecule has 0 bridgehead atoms. The van der Waals surface area contributed by atoms with Gasteiger partial charge in [-0.1, -0.05) is 0 Å². The van der Waals surface area contributed by atoms with Gasteiger partial charge in [0.05, 0.1) is 6.20 Å². The highest BCUT2D eigenvalue weighted by Crippen LogP contribution is 2.22. The molecule has 0 saturated heterocycles. The van der Waals surface area contributed by atoms with Gasteiger partial charge in [0.1, 0.15) is 5.52 Å². The molecule has 0 amide bonds. The minimum Gasteiger partial charge on any atom is -0.492 e. The molecule has 0 saturated carbocycles. The van der Waals surface area contributed by atoms with Crippen LogP contribution >= 0.6 is 0 Å². The number of nitrogens with zero attached hydrogens (tertiary/aromatic N) is 3. The molecule has 0 aliphatic heterocycles. The molecule has 0 unspecified atom stereocenters. The summed E-state index contributed by atoms with van der Waals surface area (Å²) >= 11 is 0. The molecule has 0 spiro atoms. The molecular weight excluding hydrogens is 190 g/mol. The summed E-state index contributed by atoms with van der Waals surface area (Å²) in [4.78, 5) is 5.87. The van der Waals surface area contributed by atoms with Gasteiger partial charge in [-0.05, 0) is 26.2 Å². The van der Waals surface area contributed by atoms with E-state index < -0.39 is 0 Å². The molecule has 4 heteroatoms. The third kappa shape index (κ3) is 1.94. The molecule has 0 aliphatic carbocycles. The quantitative estimate of drug-likeness (QED) is 0.814. The Hall–Kier alpha value is -1.55. The Morgan fingerprint density at radius 3 is 3.07 bits per heavy atom. The highest BCUT2D eigenvalue weighted by atomic mass is 16.3. The first-order chi connectivity index (χ1) is 7.18. The van der Waals surface area contributed by atoms with Crippen LogP contribution in [0.25, 0.3) is 10.9 Å². The highest BCUT2D eigenvalue weighted by molar-refractivity contribution is 5.83. The molecule has 0 fully saturated rings. The van der Waals surface area contributed by atoms with Crippen molar-refractivity contribution in [1.29, 1.82) is 0 Å². The van der Waals surface area contributed by atoms with Crippen LogP contribution < -0.4 is 0 Å². The first-order valence-corrected chi connectivity index (χ1v) is 4.88. The molecule has 2 aromatic rings. The maximum atomic E-state index is 9.63. The molecule has 4 nitrogen and oxygen atoms in total. The van der Waals surface area contributed by atoms with Crippen LogP contribution in [0.4, 0.5) is 0 Å². The lowest BCUT2D eigenvalue weighted by Crippen LogP contribution is -2.17. The molecular formula is C11H14N3O. The van der Waals surface area contributed by atoms with Crippen LogP contribution in [0.1, 0.15) is 0 Å². The van der Waals surface area contributed by atoms with Crippen molar-refractivity contribution in [3.63, 3.8) is 0 Å². The summed E-state index contributed by atoms with van der Waals surface area (Å²) in [6.45, 7) is 1.78. The summed E-state index contributed by atoms with van der Waals surface area (Å²) in [5.41, 5.74) is 0.788. The molecule has 0 atom stereocenters. The third-order valence-electron chi connectivity index (χ3n) is 2.39. The molecule has 2 heterocycles. The predicted molar refractivity (Wildman–Crippen MR) is 58.8 cm³/mol. The highest BCUT2D eigenvalue weighted by Gasteiger charge is 2.06. The topological polar surface area (TPSA) is 41.3 Å². The van der Waals surface area contributed by atoms with Gasteiger partial charge in [0, 0.05) is 24.7 Å². The van der Waals surface area contributed by atoms with E-state index in [4.69, 9.17) is 0 Å². The Morgan fingerprint density at radius 2 is 2.33 bits per heavy atom. The van der Waals surface area contributed by atoms with E-state index in [9.17, 15) is 5.11 Å². The largest absolute Gasteiger partial charge is 0.492 e. The number of fused-ring (bicyclic) bond motifs is 1. The second-order valence-electron chi connectivity index (χ2n) is 3.83. The lowest BCUT2D eigenvalue weighted by molar-refractivity contribution is 0.385. The molecule has 0 aromatic carbocycles. The van der Waals surface area contributed by atoms with Crippen molar-refractivity contribution in [2.75, 3.05) is 20.6 Å².